The molecular weight excluding hydrogens is 697 g/mol. The van der Waals surface area contributed by atoms with E-state index in [9.17, 15) is 0 Å². The van der Waals surface area contributed by atoms with Crippen LogP contribution in [0.15, 0.2) is 199 Å². The molecule has 0 unspecified atom stereocenters. The van der Waals surface area contributed by atoms with Crippen molar-refractivity contribution < 1.29 is 4.42 Å². The zero-order chi connectivity index (χ0) is 37.5. The van der Waals surface area contributed by atoms with Crippen molar-refractivity contribution >= 4 is 39.0 Å². The lowest BCUT2D eigenvalue weighted by Gasteiger charge is -2.45. The van der Waals surface area contributed by atoms with Crippen molar-refractivity contribution in [1.29, 1.82) is 0 Å². The molecule has 0 saturated carbocycles. The summed E-state index contributed by atoms with van der Waals surface area (Å²) in [6.45, 7) is 0. The summed E-state index contributed by atoms with van der Waals surface area (Å²) in [6.07, 6.45) is 0. The van der Waals surface area contributed by atoms with Crippen LogP contribution in [-0.4, -0.2) is 15.0 Å². The standard InChI is InChI=1S/C52H32N4O/c1-3-15-33(16-4-1)49-53-50(55-51(54-49)35-28-30-40-39-20-8-14-26-47(39)57-48(40)32-35)34-27-29-38-37-19-7-9-21-41(37)52(44(38)31-34)42-22-10-12-24-45(42)56(36-17-5-2-6-18-36)46-25-13-11-23-43(46)52/h1-32H. The molecule has 0 N–H and O–H groups in total. The molecule has 0 amide bonds. The number of para-hydroxylation sites is 4. The first-order valence-electron chi connectivity index (χ1n) is 19.3. The molecular formula is C52H32N4O. The number of rotatable bonds is 4. The maximum atomic E-state index is 6.31. The molecule has 0 radical (unpaired) electrons. The molecule has 5 heteroatoms. The summed E-state index contributed by atoms with van der Waals surface area (Å²) >= 11 is 0. The highest BCUT2D eigenvalue weighted by Gasteiger charge is 2.51. The summed E-state index contributed by atoms with van der Waals surface area (Å²) in [5.74, 6) is 1.82. The van der Waals surface area contributed by atoms with E-state index in [0.717, 1.165) is 55.7 Å². The van der Waals surface area contributed by atoms with Gasteiger partial charge in [-0.15, -0.1) is 0 Å². The minimum absolute atomic E-state index is 0.589. The Balaban J connectivity index is 1.10. The first-order valence-corrected chi connectivity index (χ1v) is 19.3. The number of anilines is 3. The van der Waals surface area contributed by atoms with Crippen LogP contribution in [0.2, 0.25) is 0 Å². The topological polar surface area (TPSA) is 55.1 Å². The van der Waals surface area contributed by atoms with Crippen molar-refractivity contribution in [3.8, 4) is 45.3 Å². The lowest BCUT2D eigenvalue weighted by Crippen LogP contribution is -2.36. The van der Waals surface area contributed by atoms with Crippen LogP contribution in [0.4, 0.5) is 17.1 Å². The SMILES string of the molecule is c1ccc(-c2nc(-c3ccc4c(c3)C3(c5ccccc5-4)c4ccccc4N(c4ccccc4)c4ccccc43)nc(-c3ccc4c(c3)oc3ccccc34)n2)cc1. The van der Waals surface area contributed by atoms with E-state index in [4.69, 9.17) is 19.4 Å². The Kier molecular flexibility index (Phi) is 6.78. The van der Waals surface area contributed by atoms with Crippen molar-refractivity contribution in [2.24, 2.45) is 0 Å². The lowest BCUT2D eigenvalue weighted by molar-refractivity contribution is 0.669. The van der Waals surface area contributed by atoms with E-state index in [1.807, 2.05) is 54.6 Å². The summed E-state index contributed by atoms with van der Waals surface area (Å²) < 4.78 is 6.31. The number of fused-ring (bicyclic) bond motifs is 12. The summed E-state index contributed by atoms with van der Waals surface area (Å²) in [6, 6.07) is 68.6. The molecule has 0 bridgehead atoms. The van der Waals surface area contributed by atoms with Crippen LogP contribution in [0, 0.1) is 0 Å². The van der Waals surface area contributed by atoms with Gasteiger partial charge in [0.15, 0.2) is 17.5 Å². The first-order chi connectivity index (χ1) is 28.3. The molecule has 1 spiro atoms. The van der Waals surface area contributed by atoms with Gasteiger partial charge in [0.25, 0.3) is 0 Å². The quantitative estimate of drug-likeness (QED) is 0.181. The van der Waals surface area contributed by atoms with Gasteiger partial charge in [0, 0.05) is 33.2 Å². The number of furan rings is 1. The van der Waals surface area contributed by atoms with Crippen molar-refractivity contribution in [2.45, 2.75) is 5.41 Å². The van der Waals surface area contributed by atoms with Gasteiger partial charge in [-0.3, -0.25) is 0 Å². The first kappa shape index (κ1) is 31.7. The van der Waals surface area contributed by atoms with Gasteiger partial charge in [0.05, 0.1) is 16.8 Å². The van der Waals surface area contributed by atoms with Crippen LogP contribution >= 0.6 is 0 Å². The summed E-state index contributed by atoms with van der Waals surface area (Å²) in [5, 5.41) is 2.15. The number of aromatic nitrogens is 3. The lowest BCUT2D eigenvalue weighted by atomic mass is 9.64. The van der Waals surface area contributed by atoms with Crippen LogP contribution in [0.3, 0.4) is 0 Å². The predicted octanol–water partition coefficient (Wildman–Crippen LogP) is 12.9. The van der Waals surface area contributed by atoms with Crippen LogP contribution < -0.4 is 4.90 Å². The number of hydrogen-bond acceptors (Lipinski definition) is 5. The van der Waals surface area contributed by atoms with Gasteiger partial charge in [-0.05, 0) is 81.9 Å². The van der Waals surface area contributed by atoms with Crippen molar-refractivity contribution in [3.05, 3.63) is 216 Å². The second-order valence-corrected chi connectivity index (χ2v) is 14.7. The Bertz CT molecular complexity index is 3160. The van der Waals surface area contributed by atoms with Gasteiger partial charge < -0.3 is 9.32 Å². The Morgan fingerprint density at radius 2 is 0.895 bits per heavy atom. The van der Waals surface area contributed by atoms with Crippen molar-refractivity contribution in [3.63, 3.8) is 0 Å². The van der Waals surface area contributed by atoms with Crippen molar-refractivity contribution in [2.75, 3.05) is 4.90 Å². The highest BCUT2D eigenvalue weighted by Crippen LogP contribution is 2.63. The molecule has 1 aliphatic heterocycles. The Morgan fingerprint density at radius 3 is 1.63 bits per heavy atom. The largest absolute Gasteiger partial charge is 0.456 e. The zero-order valence-corrected chi connectivity index (χ0v) is 30.7. The smallest absolute Gasteiger partial charge is 0.164 e. The molecule has 1 aliphatic carbocycles. The minimum atomic E-state index is -0.592. The molecule has 0 saturated heterocycles. The van der Waals surface area contributed by atoms with E-state index in [2.05, 4.69) is 144 Å². The van der Waals surface area contributed by atoms with E-state index in [1.54, 1.807) is 0 Å². The number of hydrogen-bond donors (Lipinski definition) is 0. The van der Waals surface area contributed by atoms with Crippen LogP contribution in [0.1, 0.15) is 22.3 Å². The van der Waals surface area contributed by atoms with Crippen molar-refractivity contribution in [1.82, 2.24) is 15.0 Å². The van der Waals surface area contributed by atoms with E-state index < -0.39 is 5.41 Å². The van der Waals surface area contributed by atoms with E-state index in [1.165, 1.54) is 33.4 Å². The van der Waals surface area contributed by atoms with Crippen LogP contribution in [0.25, 0.3) is 67.2 Å². The second kappa shape index (κ2) is 12.2. The molecule has 8 aromatic carbocycles. The molecule has 57 heavy (non-hydrogen) atoms. The van der Waals surface area contributed by atoms with E-state index in [0.29, 0.717) is 17.5 Å². The van der Waals surface area contributed by atoms with Gasteiger partial charge >= 0.3 is 0 Å². The zero-order valence-electron chi connectivity index (χ0n) is 30.7. The summed E-state index contributed by atoms with van der Waals surface area (Å²) in [5.41, 5.74) is 14.6. The normalized spacial score (nSPS) is 13.4. The van der Waals surface area contributed by atoms with Crippen LogP contribution in [0.5, 0.6) is 0 Å². The predicted molar refractivity (Wildman–Crippen MR) is 229 cm³/mol. The molecule has 266 valence electrons. The maximum absolute atomic E-state index is 6.31. The molecule has 12 rings (SSSR count). The highest BCUT2D eigenvalue weighted by molar-refractivity contribution is 6.05. The van der Waals surface area contributed by atoms with E-state index in [-0.39, 0.29) is 0 Å². The molecule has 2 aliphatic rings. The van der Waals surface area contributed by atoms with Gasteiger partial charge in [-0.2, -0.15) is 0 Å². The third-order valence-electron chi connectivity index (χ3n) is 11.7. The fourth-order valence-corrected chi connectivity index (χ4v) is 9.32. The Labute approximate surface area is 329 Å². The fraction of sp³-hybridized carbons (Fsp3) is 0.0192. The van der Waals surface area contributed by atoms with Crippen LogP contribution in [-0.2, 0) is 5.41 Å². The average Bonchev–Trinajstić information content (AvgIpc) is 3.80. The second-order valence-electron chi connectivity index (χ2n) is 14.7. The third-order valence-corrected chi connectivity index (χ3v) is 11.7. The highest BCUT2D eigenvalue weighted by atomic mass is 16.3. The molecule has 3 heterocycles. The molecule has 0 atom stereocenters. The van der Waals surface area contributed by atoms with Gasteiger partial charge in [-0.1, -0.05) is 146 Å². The summed E-state index contributed by atoms with van der Waals surface area (Å²) in [7, 11) is 0. The Hall–Kier alpha value is -7.63. The summed E-state index contributed by atoms with van der Waals surface area (Å²) in [4.78, 5) is 17.9. The molecule has 10 aromatic rings. The van der Waals surface area contributed by atoms with Gasteiger partial charge in [0.2, 0.25) is 0 Å². The third kappa shape index (κ3) is 4.60. The number of benzene rings is 8. The number of nitrogens with zero attached hydrogens (tertiary/aromatic N) is 4. The fourth-order valence-electron chi connectivity index (χ4n) is 9.32. The van der Waals surface area contributed by atoms with Gasteiger partial charge in [0.1, 0.15) is 11.2 Å². The van der Waals surface area contributed by atoms with Gasteiger partial charge in [-0.25, -0.2) is 15.0 Å². The molecule has 0 fully saturated rings. The molecule has 5 nitrogen and oxygen atoms in total. The average molecular weight is 729 g/mol. The Morgan fingerprint density at radius 1 is 0.368 bits per heavy atom. The maximum Gasteiger partial charge on any atom is 0.164 e. The minimum Gasteiger partial charge on any atom is -0.456 e. The van der Waals surface area contributed by atoms with E-state index >= 15 is 0 Å². The monoisotopic (exact) mass is 728 g/mol. The molecule has 2 aromatic heterocycles.